The van der Waals surface area contributed by atoms with Crippen molar-refractivity contribution in [1.29, 1.82) is 0 Å². The number of methoxy groups -OCH3 is 1. The average Bonchev–Trinajstić information content (AvgIpc) is 3.12. The van der Waals surface area contributed by atoms with Crippen LogP contribution in [0.25, 0.3) is 0 Å². The summed E-state index contributed by atoms with van der Waals surface area (Å²) in [6, 6.07) is 16.4. The van der Waals surface area contributed by atoms with E-state index >= 15 is 0 Å². The first kappa shape index (κ1) is 23.0. The molecular weight excluding hydrogens is 398 g/mol. The zero-order valence-corrected chi connectivity index (χ0v) is 17.9. The van der Waals surface area contributed by atoms with Crippen LogP contribution in [0, 0.1) is 0 Å². The number of anilines is 1. The average molecular weight is 430 g/mol. The molecule has 4 atom stereocenters. The summed E-state index contributed by atoms with van der Waals surface area (Å²) in [5, 5.41) is 25.8. The lowest BCUT2D eigenvalue weighted by molar-refractivity contribution is -0.0205. The monoisotopic (exact) mass is 429 g/mol. The van der Waals surface area contributed by atoms with Crippen molar-refractivity contribution in [3.63, 3.8) is 0 Å². The molecule has 31 heavy (non-hydrogen) atoms. The first-order chi connectivity index (χ1) is 15.0. The number of nitrogens with zero attached hydrogens (tertiary/aromatic N) is 1. The normalized spacial score (nSPS) is 23.0. The second-order valence-electron chi connectivity index (χ2n) is 7.66. The van der Waals surface area contributed by atoms with Crippen LogP contribution in [0.5, 0.6) is 5.75 Å². The lowest BCUT2D eigenvalue weighted by Gasteiger charge is -2.30. The Morgan fingerprint density at radius 3 is 2.65 bits per heavy atom. The first-order valence-electron chi connectivity index (χ1n) is 10.4. The number of rotatable bonds is 9. The third-order valence-corrected chi connectivity index (χ3v) is 5.54. The van der Waals surface area contributed by atoms with E-state index in [2.05, 4.69) is 22.8 Å². The number of hydrogen-bond donors (Lipinski definition) is 4. The molecule has 0 bridgehead atoms. The molecule has 0 radical (unpaired) electrons. The Hall–Kier alpha value is -2.65. The number of nitrogens with one attached hydrogen (secondary N) is 2. The van der Waals surface area contributed by atoms with Crippen molar-refractivity contribution in [3.05, 3.63) is 60.2 Å². The number of hydrogen-bond acceptors (Lipinski definition) is 6. The van der Waals surface area contributed by atoms with Crippen LogP contribution < -0.4 is 15.4 Å². The van der Waals surface area contributed by atoms with Crippen molar-refractivity contribution in [1.82, 2.24) is 10.2 Å². The zero-order valence-electron chi connectivity index (χ0n) is 17.9. The quantitative estimate of drug-likeness (QED) is 0.482. The highest BCUT2D eigenvalue weighted by Gasteiger charge is 2.45. The SMILES string of the molecule is COc1cccc(NC(=O)NCC2OC(CO)C(O)C2N(C)CCc2ccccc2)c1. The molecule has 1 fully saturated rings. The van der Waals surface area contributed by atoms with Crippen LogP contribution in [-0.4, -0.2) is 79.4 Å². The van der Waals surface area contributed by atoms with E-state index in [9.17, 15) is 15.0 Å². The van der Waals surface area contributed by atoms with E-state index in [0.29, 0.717) is 18.0 Å². The Morgan fingerprint density at radius 2 is 1.94 bits per heavy atom. The smallest absolute Gasteiger partial charge is 0.319 e. The second-order valence-corrected chi connectivity index (χ2v) is 7.66. The highest BCUT2D eigenvalue weighted by Crippen LogP contribution is 2.25. The number of urea groups is 1. The molecule has 4 unspecified atom stereocenters. The Bertz CT molecular complexity index is 835. The maximum atomic E-state index is 12.3. The van der Waals surface area contributed by atoms with E-state index in [1.165, 1.54) is 5.56 Å². The number of aliphatic hydroxyl groups excluding tert-OH is 2. The van der Waals surface area contributed by atoms with Gasteiger partial charge in [-0.15, -0.1) is 0 Å². The summed E-state index contributed by atoms with van der Waals surface area (Å²) in [7, 11) is 3.48. The highest BCUT2D eigenvalue weighted by atomic mass is 16.5. The molecule has 8 heteroatoms. The van der Waals surface area contributed by atoms with Crippen molar-refractivity contribution in [3.8, 4) is 5.75 Å². The molecule has 1 heterocycles. The standard InChI is InChI=1S/C23H31N3O5/c1-26(12-11-16-7-4-3-5-8-16)21-19(31-20(15-27)22(21)28)14-24-23(29)25-17-9-6-10-18(13-17)30-2/h3-10,13,19-22,27-28H,11-12,14-15H2,1-2H3,(H2,24,25,29). The van der Waals surface area contributed by atoms with E-state index in [1.54, 1.807) is 31.4 Å². The predicted molar refractivity (Wildman–Crippen MR) is 118 cm³/mol. The van der Waals surface area contributed by atoms with Crippen molar-refractivity contribution >= 4 is 11.7 Å². The van der Waals surface area contributed by atoms with Crippen LogP contribution in [0.15, 0.2) is 54.6 Å². The molecule has 2 aromatic carbocycles. The summed E-state index contributed by atoms with van der Waals surface area (Å²) in [4.78, 5) is 14.4. The largest absolute Gasteiger partial charge is 0.497 e. The molecule has 2 amide bonds. The molecule has 0 spiro atoms. The fourth-order valence-corrected chi connectivity index (χ4v) is 3.86. The summed E-state index contributed by atoms with van der Waals surface area (Å²) < 4.78 is 11.0. The van der Waals surface area contributed by atoms with Crippen LogP contribution in [0.3, 0.4) is 0 Å². The number of benzene rings is 2. The molecule has 1 aliphatic heterocycles. The van der Waals surface area contributed by atoms with Gasteiger partial charge in [-0.1, -0.05) is 36.4 Å². The number of ether oxygens (including phenoxy) is 2. The fraction of sp³-hybridized carbons (Fsp3) is 0.435. The maximum absolute atomic E-state index is 12.3. The lowest BCUT2D eigenvalue weighted by Crippen LogP contribution is -2.50. The van der Waals surface area contributed by atoms with Crippen LogP contribution in [0.4, 0.5) is 10.5 Å². The predicted octanol–water partition coefficient (Wildman–Crippen LogP) is 1.48. The zero-order chi connectivity index (χ0) is 22.2. The van der Waals surface area contributed by atoms with Gasteiger partial charge in [0, 0.05) is 24.8 Å². The third-order valence-electron chi connectivity index (χ3n) is 5.54. The minimum Gasteiger partial charge on any atom is -0.497 e. The van der Waals surface area contributed by atoms with E-state index in [-0.39, 0.29) is 25.2 Å². The van der Waals surface area contributed by atoms with Crippen LogP contribution in [0.1, 0.15) is 5.56 Å². The molecule has 8 nitrogen and oxygen atoms in total. The van der Waals surface area contributed by atoms with Gasteiger partial charge in [0.2, 0.25) is 0 Å². The van der Waals surface area contributed by atoms with Crippen LogP contribution in [0.2, 0.25) is 0 Å². The summed E-state index contributed by atoms with van der Waals surface area (Å²) in [5.74, 6) is 0.644. The molecular formula is C23H31N3O5. The molecule has 4 N–H and O–H groups in total. The molecule has 3 rings (SSSR count). The van der Waals surface area contributed by atoms with Gasteiger partial charge in [-0.05, 0) is 31.2 Å². The van der Waals surface area contributed by atoms with Gasteiger partial charge in [-0.25, -0.2) is 4.79 Å². The number of likely N-dealkylation sites (N-methyl/N-ethyl adjacent to an activating group) is 1. The van der Waals surface area contributed by atoms with Gasteiger partial charge >= 0.3 is 6.03 Å². The van der Waals surface area contributed by atoms with Gasteiger partial charge in [-0.2, -0.15) is 0 Å². The fourth-order valence-electron chi connectivity index (χ4n) is 3.86. The number of carbonyl (C=O) groups excluding carboxylic acids is 1. The Morgan fingerprint density at radius 1 is 1.16 bits per heavy atom. The second kappa shape index (κ2) is 11.1. The minimum absolute atomic E-state index is 0.198. The van der Waals surface area contributed by atoms with Gasteiger partial charge in [0.15, 0.2) is 0 Å². The lowest BCUT2D eigenvalue weighted by atomic mass is 10.0. The van der Waals surface area contributed by atoms with Gasteiger partial charge in [-0.3, -0.25) is 4.90 Å². The highest BCUT2D eigenvalue weighted by molar-refractivity contribution is 5.89. The Labute approximate surface area is 182 Å². The van der Waals surface area contributed by atoms with Crippen molar-refractivity contribution in [2.24, 2.45) is 0 Å². The molecule has 0 aromatic heterocycles. The van der Waals surface area contributed by atoms with Crippen LogP contribution in [-0.2, 0) is 11.2 Å². The topological polar surface area (TPSA) is 103 Å². The van der Waals surface area contributed by atoms with E-state index in [4.69, 9.17) is 9.47 Å². The summed E-state index contributed by atoms with van der Waals surface area (Å²) >= 11 is 0. The molecule has 2 aromatic rings. The molecule has 0 aliphatic carbocycles. The minimum atomic E-state index is -0.848. The molecule has 1 aliphatic rings. The molecule has 168 valence electrons. The maximum Gasteiger partial charge on any atom is 0.319 e. The Balaban J connectivity index is 1.57. The number of amides is 2. The van der Waals surface area contributed by atoms with Gasteiger partial charge in [0.25, 0.3) is 0 Å². The van der Waals surface area contributed by atoms with E-state index in [1.807, 2.05) is 30.1 Å². The van der Waals surface area contributed by atoms with Gasteiger partial charge < -0.3 is 30.3 Å². The Kier molecular flexibility index (Phi) is 8.25. The van der Waals surface area contributed by atoms with E-state index in [0.717, 1.165) is 6.42 Å². The third kappa shape index (κ3) is 6.18. The number of aliphatic hydroxyl groups is 2. The summed E-state index contributed by atoms with van der Waals surface area (Å²) in [5.41, 5.74) is 1.81. The molecule has 1 saturated heterocycles. The van der Waals surface area contributed by atoms with Crippen molar-refractivity contribution in [2.75, 3.05) is 39.2 Å². The van der Waals surface area contributed by atoms with Crippen LogP contribution >= 0.6 is 0 Å². The summed E-state index contributed by atoms with van der Waals surface area (Å²) in [6.07, 6.45) is -1.17. The van der Waals surface area contributed by atoms with Crippen molar-refractivity contribution < 1.29 is 24.5 Å². The molecule has 0 saturated carbocycles. The first-order valence-corrected chi connectivity index (χ1v) is 10.4. The van der Waals surface area contributed by atoms with Crippen molar-refractivity contribution in [2.45, 2.75) is 30.8 Å². The summed E-state index contributed by atoms with van der Waals surface area (Å²) in [6.45, 7) is 0.625. The van der Waals surface area contributed by atoms with Gasteiger partial charge in [0.05, 0.1) is 25.9 Å². The van der Waals surface area contributed by atoms with E-state index < -0.39 is 18.3 Å². The number of carbonyl (C=O) groups is 1. The van der Waals surface area contributed by atoms with Gasteiger partial charge in [0.1, 0.15) is 18.0 Å².